The van der Waals surface area contributed by atoms with E-state index in [1.165, 1.54) is 12.1 Å². The molecule has 0 aliphatic carbocycles. The van der Waals surface area contributed by atoms with Crippen molar-refractivity contribution in [2.45, 2.75) is 0 Å². The molecule has 0 bridgehead atoms. The van der Waals surface area contributed by atoms with E-state index in [0.29, 0.717) is 4.47 Å². The average Bonchev–Trinajstić information content (AvgIpc) is 2.46. The number of nitro groups is 1. The molecule has 0 aromatic heterocycles. The Labute approximate surface area is 128 Å². The number of aromatic hydroxyl groups is 1. The molecule has 2 aromatic rings. The lowest BCUT2D eigenvalue weighted by Gasteiger charge is -2.04. The maximum absolute atomic E-state index is 12.1. The van der Waals surface area contributed by atoms with E-state index in [1.807, 2.05) is 30.3 Å². The molecule has 0 fully saturated rings. The van der Waals surface area contributed by atoms with Gasteiger partial charge in [-0.1, -0.05) is 36.4 Å². The third-order valence-electron chi connectivity index (χ3n) is 2.78. The second-order valence-corrected chi connectivity index (χ2v) is 5.01. The molecule has 0 spiro atoms. The first kappa shape index (κ1) is 14.9. The highest BCUT2D eigenvalue weighted by molar-refractivity contribution is 9.10. The normalized spacial score (nSPS) is 10.7. The number of phenolic OH excluding ortho intramolecular Hbond substituents is 1. The van der Waals surface area contributed by atoms with E-state index >= 15 is 0 Å². The summed E-state index contributed by atoms with van der Waals surface area (Å²) in [5.41, 5.74) is 0.179. The Morgan fingerprint density at radius 2 is 1.86 bits per heavy atom. The fourth-order valence-electron chi connectivity index (χ4n) is 1.76. The molecule has 0 radical (unpaired) electrons. The van der Waals surface area contributed by atoms with Crippen LogP contribution in [0.3, 0.4) is 0 Å². The van der Waals surface area contributed by atoms with Gasteiger partial charge in [-0.3, -0.25) is 14.9 Å². The molecule has 6 heteroatoms. The minimum atomic E-state index is -0.737. The molecule has 0 unspecified atom stereocenters. The summed E-state index contributed by atoms with van der Waals surface area (Å²) < 4.78 is 0.299. The van der Waals surface area contributed by atoms with Crippen molar-refractivity contribution in [2.75, 3.05) is 0 Å². The van der Waals surface area contributed by atoms with Crippen LogP contribution in [-0.4, -0.2) is 15.8 Å². The van der Waals surface area contributed by atoms with Crippen molar-refractivity contribution in [2.24, 2.45) is 0 Å². The third-order valence-corrected chi connectivity index (χ3v) is 3.44. The number of carbonyl (C=O) groups is 1. The van der Waals surface area contributed by atoms with Crippen LogP contribution in [0.5, 0.6) is 5.75 Å². The van der Waals surface area contributed by atoms with Crippen LogP contribution in [0.25, 0.3) is 6.08 Å². The van der Waals surface area contributed by atoms with E-state index in [2.05, 4.69) is 15.9 Å². The molecule has 1 N–H and O–H groups in total. The highest BCUT2D eigenvalue weighted by atomic mass is 79.9. The molecule has 0 aliphatic rings. The van der Waals surface area contributed by atoms with Crippen molar-refractivity contribution < 1.29 is 14.8 Å². The molecule has 5 nitrogen and oxygen atoms in total. The van der Waals surface area contributed by atoms with Crippen molar-refractivity contribution in [3.63, 3.8) is 0 Å². The predicted molar refractivity (Wildman–Crippen MR) is 82.3 cm³/mol. The van der Waals surface area contributed by atoms with Gasteiger partial charge in [-0.2, -0.15) is 0 Å². The predicted octanol–water partition coefficient (Wildman–Crippen LogP) is 3.96. The van der Waals surface area contributed by atoms with Crippen LogP contribution in [0.2, 0.25) is 0 Å². The van der Waals surface area contributed by atoms with Gasteiger partial charge in [0, 0.05) is 10.5 Å². The summed E-state index contributed by atoms with van der Waals surface area (Å²) in [4.78, 5) is 22.2. The summed E-state index contributed by atoms with van der Waals surface area (Å²) in [6.07, 6.45) is 2.84. The van der Waals surface area contributed by atoms with Crippen molar-refractivity contribution in [1.29, 1.82) is 0 Å². The van der Waals surface area contributed by atoms with Crippen LogP contribution >= 0.6 is 15.9 Å². The number of nitro benzene ring substituents is 1. The van der Waals surface area contributed by atoms with Gasteiger partial charge in [0.05, 0.1) is 10.5 Å². The quantitative estimate of drug-likeness (QED) is 0.393. The van der Waals surface area contributed by atoms with E-state index < -0.39 is 22.1 Å². The van der Waals surface area contributed by atoms with Gasteiger partial charge in [-0.25, -0.2) is 0 Å². The Balaban J connectivity index is 2.38. The van der Waals surface area contributed by atoms with E-state index in [-0.39, 0.29) is 5.56 Å². The molecular weight excluding hydrogens is 338 g/mol. The van der Waals surface area contributed by atoms with Gasteiger partial charge in [-0.05, 0) is 33.6 Å². The Kier molecular flexibility index (Phi) is 4.49. The molecule has 0 saturated carbocycles. The van der Waals surface area contributed by atoms with Crippen LogP contribution in [0.1, 0.15) is 15.9 Å². The summed E-state index contributed by atoms with van der Waals surface area (Å²) >= 11 is 3.12. The fraction of sp³-hybridized carbons (Fsp3) is 0. The number of benzene rings is 2. The first-order valence-corrected chi connectivity index (χ1v) is 6.73. The molecule has 0 aliphatic heterocycles. The third kappa shape index (κ3) is 3.35. The topological polar surface area (TPSA) is 80.4 Å². The number of nitrogens with zero attached hydrogens (tertiary/aromatic N) is 1. The maximum Gasteiger partial charge on any atom is 0.311 e. The number of hydrogen-bond donors (Lipinski definition) is 1. The van der Waals surface area contributed by atoms with Crippen LogP contribution in [0.4, 0.5) is 5.69 Å². The van der Waals surface area contributed by atoms with Gasteiger partial charge in [0.15, 0.2) is 5.78 Å². The lowest BCUT2D eigenvalue weighted by molar-refractivity contribution is -0.385. The van der Waals surface area contributed by atoms with Crippen molar-refractivity contribution in [1.82, 2.24) is 0 Å². The maximum atomic E-state index is 12.1. The average molecular weight is 348 g/mol. The SMILES string of the molecule is O=C(C=Cc1ccccc1)c1c(Br)ccc([N+](=O)[O-])c1O. The summed E-state index contributed by atoms with van der Waals surface area (Å²) in [7, 11) is 0. The zero-order valence-corrected chi connectivity index (χ0v) is 12.3. The molecular formula is C15H10BrNO4. The molecule has 21 heavy (non-hydrogen) atoms. The first-order chi connectivity index (χ1) is 10.0. The van der Waals surface area contributed by atoms with Gasteiger partial charge in [0.1, 0.15) is 0 Å². The lowest BCUT2D eigenvalue weighted by Crippen LogP contribution is -1.99. The minimum absolute atomic E-state index is 0.128. The van der Waals surface area contributed by atoms with Gasteiger partial charge in [0.25, 0.3) is 0 Å². The number of phenols is 1. The number of rotatable bonds is 4. The Morgan fingerprint density at radius 3 is 2.48 bits per heavy atom. The summed E-state index contributed by atoms with van der Waals surface area (Å²) in [6, 6.07) is 11.6. The second kappa shape index (κ2) is 6.32. The van der Waals surface area contributed by atoms with Crippen LogP contribution in [0, 0.1) is 10.1 Å². The highest BCUT2D eigenvalue weighted by Gasteiger charge is 2.22. The molecule has 106 valence electrons. The Bertz CT molecular complexity index is 726. The number of halogens is 1. The van der Waals surface area contributed by atoms with Gasteiger partial charge < -0.3 is 5.11 Å². The molecule has 0 atom stereocenters. The number of ketones is 1. The minimum Gasteiger partial charge on any atom is -0.502 e. The van der Waals surface area contributed by atoms with Gasteiger partial charge >= 0.3 is 5.69 Å². The van der Waals surface area contributed by atoms with E-state index in [1.54, 1.807) is 6.08 Å². The second-order valence-electron chi connectivity index (χ2n) is 4.16. The summed E-state index contributed by atoms with van der Waals surface area (Å²) in [6.45, 7) is 0. The Morgan fingerprint density at radius 1 is 1.19 bits per heavy atom. The van der Waals surface area contributed by atoms with E-state index in [4.69, 9.17) is 0 Å². The van der Waals surface area contributed by atoms with E-state index in [9.17, 15) is 20.0 Å². The molecule has 2 rings (SSSR count). The molecule has 0 amide bonds. The van der Waals surface area contributed by atoms with Crippen molar-refractivity contribution in [3.05, 3.63) is 74.3 Å². The summed E-state index contributed by atoms with van der Waals surface area (Å²) in [5.74, 6) is -1.16. The first-order valence-electron chi connectivity index (χ1n) is 5.94. The largest absolute Gasteiger partial charge is 0.502 e. The Hall–Kier alpha value is -2.47. The van der Waals surface area contributed by atoms with E-state index in [0.717, 1.165) is 11.6 Å². The highest BCUT2D eigenvalue weighted by Crippen LogP contribution is 2.35. The lowest BCUT2D eigenvalue weighted by atomic mass is 10.1. The van der Waals surface area contributed by atoms with Crippen LogP contribution in [0.15, 0.2) is 53.0 Å². The monoisotopic (exact) mass is 347 g/mol. The molecule has 0 heterocycles. The standard InChI is InChI=1S/C15H10BrNO4/c16-11-7-8-12(17(20)21)15(19)14(11)13(18)9-6-10-4-2-1-3-5-10/h1-9,19H. The van der Waals surface area contributed by atoms with Gasteiger partial charge in [-0.15, -0.1) is 0 Å². The number of carbonyl (C=O) groups excluding carboxylic acids is 1. The van der Waals surface area contributed by atoms with Crippen LogP contribution in [-0.2, 0) is 0 Å². The van der Waals surface area contributed by atoms with Crippen molar-refractivity contribution in [3.8, 4) is 5.75 Å². The number of hydrogen-bond acceptors (Lipinski definition) is 4. The molecule has 2 aromatic carbocycles. The smallest absolute Gasteiger partial charge is 0.311 e. The van der Waals surface area contributed by atoms with Gasteiger partial charge in [0.2, 0.25) is 5.75 Å². The molecule has 0 saturated heterocycles. The number of allylic oxidation sites excluding steroid dienone is 1. The summed E-state index contributed by atoms with van der Waals surface area (Å²) in [5, 5.41) is 20.7. The van der Waals surface area contributed by atoms with Crippen molar-refractivity contribution >= 4 is 33.5 Å². The fourth-order valence-corrected chi connectivity index (χ4v) is 2.27. The zero-order valence-electron chi connectivity index (χ0n) is 10.7. The van der Waals surface area contributed by atoms with Crippen LogP contribution < -0.4 is 0 Å². The zero-order chi connectivity index (χ0) is 15.4.